The summed E-state index contributed by atoms with van der Waals surface area (Å²) in [4.78, 5) is 46.0. The van der Waals surface area contributed by atoms with Gasteiger partial charge >= 0.3 is 6.09 Å². The van der Waals surface area contributed by atoms with Crippen LogP contribution >= 0.6 is 0 Å². The second-order valence-electron chi connectivity index (χ2n) is 11.9. The van der Waals surface area contributed by atoms with E-state index >= 15 is 0 Å². The highest BCUT2D eigenvalue weighted by molar-refractivity contribution is 6.03. The molecule has 4 aromatic rings. The second-order valence-corrected chi connectivity index (χ2v) is 11.9. The number of alkyl carbamates (subject to hydrolysis) is 1. The number of pyridine rings is 1. The van der Waals surface area contributed by atoms with Crippen molar-refractivity contribution >= 4 is 34.5 Å². The van der Waals surface area contributed by atoms with Gasteiger partial charge < -0.3 is 30.0 Å². The Balaban J connectivity index is 1.05. The molecule has 0 radical (unpaired) electrons. The van der Waals surface area contributed by atoms with Gasteiger partial charge in [0.05, 0.1) is 24.6 Å². The van der Waals surface area contributed by atoms with E-state index in [0.29, 0.717) is 44.2 Å². The number of nitrogens with zero attached hydrogens (tertiary/aromatic N) is 5. The second kappa shape index (κ2) is 12.0. The molecule has 0 spiro atoms. The molecule has 2 aliphatic heterocycles. The summed E-state index contributed by atoms with van der Waals surface area (Å²) >= 11 is 0. The molecule has 2 fully saturated rings. The molecular weight excluding hydrogens is 548 g/mol. The lowest BCUT2D eigenvalue weighted by molar-refractivity contribution is 0.0392. The number of amides is 2. The van der Waals surface area contributed by atoms with Crippen LogP contribution in [0.3, 0.4) is 0 Å². The number of hydrogen-bond donors (Lipinski definition) is 3. The third-order valence-corrected chi connectivity index (χ3v) is 7.31. The molecule has 2 saturated heterocycles. The first-order valence-electron chi connectivity index (χ1n) is 14.5. The van der Waals surface area contributed by atoms with Gasteiger partial charge in [0, 0.05) is 50.3 Å². The number of H-pyrrole nitrogens is 1. The number of likely N-dealkylation sites (tertiary alicyclic amines) is 1. The van der Waals surface area contributed by atoms with Crippen LogP contribution in [0.1, 0.15) is 36.8 Å². The molecule has 0 bridgehead atoms. The summed E-state index contributed by atoms with van der Waals surface area (Å²) in [5, 5.41) is 6.80. The molecule has 2 amide bonds. The molecule has 0 aliphatic carbocycles. The Kier molecular flexibility index (Phi) is 7.96. The maximum absolute atomic E-state index is 13.0. The summed E-state index contributed by atoms with van der Waals surface area (Å²) < 4.78 is 10.8. The molecule has 43 heavy (non-hydrogen) atoms. The molecule has 224 valence electrons. The molecule has 3 N–H and O–H groups in total. The predicted molar refractivity (Wildman–Crippen MR) is 163 cm³/mol. The summed E-state index contributed by atoms with van der Waals surface area (Å²) in [5.74, 6) is 0.625. The highest BCUT2D eigenvalue weighted by Crippen LogP contribution is 2.30. The first-order chi connectivity index (χ1) is 20.7. The van der Waals surface area contributed by atoms with Crippen molar-refractivity contribution in [1.29, 1.82) is 0 Å². The summed E-state index contributed by atoms with van der Waals surface area (Å²) in [5.41, 5.74) is 4.14. The lowest BCUT2D eigenvalue weighted by Gasteiger charge is -2.39. The van der Waals surface area contributed by atoms with Gasteiger partial charge in [-0.1, -0.05) is 12.1 Å². The Hall–Kier alpha value is -4.55. The smallest absolute Gasteiger partial charge is 0.407 e. The topological polar surface area (TPSA) is 138 Å². The molecule has 5 heterocycles. The third kappa shape index (κ3) is 6.92. The summed E-state index contributed by atoms with van der Waals surface area (Å²) in [7, 11) is 0. The Morgan fingerprint density at radius 3 is 2.56 bits per heavy atom. The number of ether oxygens (including phenoxy) is 2. The van der Waals surface area contributed by atoms with Gasteiger partial charge in [0.1, 0.15) is 29.1 Å². The maximum Gasteiger partial charge on any atom is 0.407 e. The number of carbonyl (C=O) groups is 2. The van der Waals surface area contributed by atoms with E-state index in [-0.39, 0.29) is 11.9 Å². The van der Waals surface area contributed by atoms with E-state index in [4.69, 9.17) is 9.47 Å². The van der Waals surface area contributed by atoms with Gasteiger partial charge in [0.2, 0.25) is 0 Å². The van der Waals surface area contributed by atoms with E-state index in [1.807, 2.05) is 51.1 Å². The minimum absolute atomic E-state index is 0.0477. The number of anilines is 2. The predicted octanol–water partition coefficient (Wildman–Crippen LogP) is 3.82. The van der Waals surface area contributed by atoms with Crippen molar-refractivity contribution in [1.82, 2.24) is 30.2 Å². The van der Waals surface area contributed by atoms with Crippen molar-refractivity contribution in [2.24, 2.45) is 0 Å². The Morgan fingerprint density at radius 2 is 1.81 bits per heavy atom. The van der Waals surface area contributed by atoms with Crippen molar-refractivity contribution < 1.29 is 19.1 Å². The molecular formula is C31H36N8O4. The number of benzene rings is 1. The van der Waals surface area contributed by atoms with Crippen molar-refractivity contribution in [3.05, 3.63) is 66.2 Å². The van der Waals surface area contributed by atoms with Gasteiger partial charge in [-0.05, 0) is 62.2 Å². The number of fused-ring (bicyclic) bond motifs is 1. The largest absolute Gasteiger partial charge is 0.444 e. The number of nitrogens with one attached hydrogen (secondary N) is 3. The number of aromatic amines is 1. The number of rotatable bonds is 7. The average molecular weight is 585 g/mol. The maximum atomic E-state index is 13.0. The van der Waals surface area contributed by atoms with Crippen molar-refractivity contribution in [3.8, 4) is 11.3 Å². The van der Waals surface area contributed by atoms with Crippen LogP contribution in [-0.2, 0) is 16.0 Å². The van der Waals surface area contributed by atoms with Gasteiger partial charge in [-0.15, -0.1) is 0 Å². The van der Waals surface area contributed by atoms with Crippen LogP contribution in [-0.4, -0.2) is 87.9 Å². The fourth-order valence-corrected chi connectivity index (χ4v) is 5.26. The van der Waals surface area contributed by atoms with Crippen molar-refractivity contribution in [2.45, 2.75) is 39.0 Å². The van der Waals surface area contributed by atoms with Crippen LogP contribution in [0.5, 0.6) is 0 Å². The Labute approximate surface area is 249 Å². The highest BCUT2D eigenvalue weighted by atomic mass is 16.6. The van der Waals surface area contributed by atoms with E-state index in [0.717, 1.165) is 46.8 Å². The van der Waals surface area contributed by atoms with Crippen LogP contribution in [0.25, 0.3) is 22.3 Å². The van der Waals surface area contributed by atoms with Gasteiger partial charge in [-0.2, -0.15) is 0 Å². The fraction of sp³-hybridized carbons (Fsp3) is 0.387. The molecule has 12 nitrogen and oxygen atoms in total. The van der Waals surface area contributed by atoms with Gasteiger partial charge in [-0.25, -0.2) is 14.8 Å². The molecule has 12 heteroatoms. The zero-order valence-corrected chi connectivity index (χ0v) is 24.6. The molecule has 0 saturated carbocycles. The Morgan fingerprint density at radius 1 is 1.05 bits per heavy atom. The van der Waals surface area contributed by atoms with Gasteiger partial charge in [0.15, 0.2) is 0 Å². The fourth-order valence-electron chi connectivity index (χ4n) is 5.26. The van der Waals surface area contributed by atoms with E-state index < -0.39 is 11.7 Å². The monoisotopic (exact) mass is 584 g/mol. The Bertz CT molecular complexity index is 1600. The molecule has 0 unspecified atom stereocenters. The van der Waals surface area contributed by atoms with Gasteiger partial charge in [-0.3, -0.25) is 14.7 Å². The molecule has 2 aliphatic rings. The van der Waals surface area contributed by atoms with Crippen LogP contribution < -0.4 is 15.5 Å². The van der Waals surface area contributed by atoms with Crippen LogP contribution in [0.15, 0.2) is 55.0 Å². The van der Waals surface area contributed by atoms with E-state index in [1.165, 1.54) is 0 Å². The van der Waals surface area contributed by atoms with E-state index in [9.17, 15) is 9.59 Å². The molecule has 3 aromatic heterocycles. The zero-order chi connectivity index (χ0) is 30.0. The number of carbonyl (C=O) groups excluding carboxylic acids is 2. The van der Waals surface area contributed by atoms with E-state index in [2.05, 4.69) is 46.4 Å². The normalized spacial score (nSPS) is 16.1. The van der Waals surface area contributed by atoms with Crippen molar-refractivity contribution in [2.75, 3.05) is 49.6 Å². The minimum Gasteiger partial charge on any atom is -0.444 e. The molecule has 6 rings (SSSR count). The average Bonchev–Trinajstić information content (AvgIpc) is 3.41. The van der Waals surface area contributed by atoms with E-state index in [1.54, 1.807) is 18.6 Å². The quantitative estimate of drug-likeness (QED) is 0.296. The summed E-state index contributed by atoms with van der Waals surface area (Å²) in [6.07, 6.45) is 2.83. The SMILES string of the molecule is CC(C)(C)OC(=O)NC1CN(Cc2ccnc(C(=O)Nc3ccc(-c4cc5c(N6CCOCC6)ncnc5[nH]4)cc3)c2)C1. The zero-order valence-electron chi connectivity index (χ0n) is 24.6. The number of hydrogen-bond acceptors (Lipinski definition) is 9. The first-order valence-corrected chi connectivity index (χ1v) is 14.5. The van der Waals surface area contributed by atoms with Crippen LogP contribution in [0.4, 0.5) is 16.3 Å². The highest BCUT2D eigenvalue weighted by Gasteiger charge is 2.29. The van der Waals surface area contributed by atoms with Crippen molar-refractivity contribution in [3.63, 3.8) is 0 Å². The standard InChI is InChI=1S/C31H36N8O4/c1-31(2,3)43-30(41)36-23-17-38(18-23)16-20-8-9-32-26(14-20)29(40)35-22-6-4-21(5-7-22)25-15-24-27(37-25)33-19-34-28(24)39-10-12-42-13-11-39/h4-9,14-15,19,23H,10-13,16-18H2,1-3H3,(H,35,40)(H,36,41)(H,33,34,37). The summed E-state index contributed by atoms with van der Waals surface area (Å²) in [6.45, 7) is 10.6. The third-order valence-electron chi connectivity index (χ3n) is 7.31. The lowest BCUT2D eigenvalue weighted by atomic mass is 10.1. The molecule has 1 aromatic carbocycles. The number of aromatic nitrogens is 4. The van der Waals surface area contributed by atoms with Crippen LogP contribution in [0.2, 0.25) is 0 Å². The first kappa shape index (κ1) is 28.6. The molecule has 0 atom stereocenters. The van der Waals surface area contributed by atoms with Crippen LogP contribution in [0, 0.1) is 0 Å². The minimum atomic E-state index is -0.524. The van der Waals surface area contributed by atoms with Gasteiger partial charge in [0.25, 0.3) is 5.91 Å². The lowest BCUT2D eigenvalue weighted by Crippen LogP contribution is -2.59. The number of morpholine rings is 1. The summed E-state index contributed by atoms with van der Waals surface area (Å²) in [6, 6.07) is 13.5.